The van der Waals surface area contributed by atoms with Gasteiger partial charge in [0, 0.05) is 43.3 Å². The standard InChI is InChI=1S/C26H24F2N4O3/c1-14-10-22-21(30-25(33)23-12-29-24(32(22)23)15-5-8-35-9-6-15)11-17(14)26(34)31-7-4-16-18(13-31)20(28)3-2-19(16)27/h2-3,10-12,15H,4-9,13H2,1H3,(H,30,33). The minimum atomic E-state index is -0.512. The fourth-order valence-corrected chi connectivity index (χ4v) is 5.36. The lowest BCUT2D eigenvalue weighted by Crippen LogP contribution is -2.37. The third-order valence-electron chi connectivity index (χ3n) is 7.26. The molecule has 9 heteroatoms. The van der Waals surface area contributed by atoms with Crippen molar-refractivity contribution in [3.8, 4) is 0 Å². The zero-order chi connectivity index (χ0) is 24.3. The average Bonchev–Trinajstić information content (AvgIpc) is 3.33. The summed E-state index contributed by atoms with van der Waals surface area (Å²) in [5.74, 6) is -0.237. The number of aryl methyl sites for hydroxylation is 1. The monoisotopic (exact) mass is 478 g/mol. The number of halogens is 2. The fraction of sp³-hybridized carbons (Fsp3) is 0.346. The molecule has 0 atom stereocenters. The van der Waals surface area contributed by atoms with Crippen molar-refractivity contribution in [2.75, 3.05) is 19.8 Å². The lowest BCUT2D eigenvalue weighted by atomic mass is 9.97. The summed E-state index contributed by atoms with van der Waals surface area (Å²) < 4.78 is 35.9. The van der Waals surface area contributed by atoms with E-state index in [0.29, 0.717) is 35.4 Å². The fourth-order valence-electron chi connectivity index (χ4n) is 5.36. The van der Waals surface area contributed by atoms with Crippen LogP contribution >= 0.6 is 0 Å². The second-order valence-corrected chi connectivity index (χ2v) is 9.33. The van der Waals surface area contributed by atoms with Gasteiger partial charge in [-0.1, -0.05) is 0 Å². The van der Waals surface area contributed by atoms with Crippen LogP contribution in [0.1, 0.15) is 51.6 Å². The van der Waals surface area contributed by atoms with Crippen LogP contribution in [0.5, 0.6) is 0 Å². The van der Waals surface area contributed by atoms with E-state index in [0.717, 1.165) is 41.9 Å². The highest BCUT2D eigenvalue weighted by molar-refractivity contribution is 5.99. The molecule has 4 heterocycles. The van der Waals surface area contributed by atoms with E-state index < -0.39 is 11.6 Å². The van der Waals surface area contributed by atoms with Crippen LogP contribution in [0.15, 0.2) is 35.3 Å². The molecule has 6 rings (SSSR count). The average molecular weight is 478 g/mol. The molecule has 1 saturated heterocycles. The molecule has 1 N–H and O–H groups in total. The Morgan fingerprint density at radius 1 is 1.11 bits per heavy atom. The smallest absolute Gasteiger partial charge is 0.274 e. The molecule has 180 valence electrons. The zero-order valence-corrected chi connectivity index (χ0v) is 19.2. The van der Waals surface area contributed by atoms with Crippen molar-refractivity contribution >= 4 is 22.5 Å². The largest absolute Gasteiger partial charge is 0.381 e. The van der Waals surface area contributed by atoms with Gasteiger partial charge < -0.3 is 14.6 Å². The Labute approximate surface area is 199 Å². The molecule has 2 aliphatic rings. The lowest BCUT2D eigenvalue weighted by Gasteiger charge is -2.30. The van der Waals surface area contributed by atoms with E-state index in [1.165, 1.54) is 4.90 Å². The van der Waals surface area contributed by atoms with Crippen molar-refractivity contribution in [3.05, 3.63) is 80.5 Å². The van der Waals surface area contributed by atoms with Crippen LogP contribution in [0.2, 0.25) is 0 Å². The SMILES string of the molecule is Cc1cc2c(cc1C(=O)N1CCc3c(F)ccc(F)c3C1)[nH]c(=O)c1cnc(C3CCOCC3)n12. The normalized spacial score (nSPS) is 16.7. The van der Waals surface area contributed by atoms with Gasteiger partial charge >= 0.3 is 0 Å². The summed E-state index contributed by atoms with van der Waals surface area (Å²) in [6, 6.07) is 5.79. The lowest BCUT2D eigenvalue weighted by molar-refractivity contribution is 0.0730. The van der Waals surface area contributed by atoms with Crippen molar-refractivity contribution < 1.29 is 18.3 Å². The molecule has 0 bridgehead atoms. The molecule has 0 unspecified atom stereocenters. The summed E-state index contributed by atoms with van der Waals surface area (Å²) in [6.07, 6.45) is 3.50. The molecule has 0 aliphatic carbocycles. The number of H-pyrrole nitrogens is 1. The first-order chi connectivity index (χ1) is 16.9. The molecule has 2 aromatic carbocycles. The first-order valence-corrected chi connectivity index (χ1v) is 11.8. The maximum absolute atomic E-state index is 14.4. The van der Waals surface area contributed by atoms with Crippen molar-refractivity contribution in [1.82, 2.24) is 19.3 Å². The number of aromatic nitrogens is 3. The van der Waals surface area contributed by atoms with Crippen LogP contribution in [0.25, 0.3) is 16.6 Å². The molecule has 1 fully saturated rings. The molecule has 2 aromatic heterocycles. The highest BCUT2D eigenvalue weighted by Gasteiger charge is 2.28. The summed E-state index contributed by atoms with van der Waals surface area (Å²) in [5, 5.41) is 0. The molecular weight excluding hydrogens is 454 g/mol. The maximum atomic E-state index is 14.4. The second kappa shape index (κ2) is 8.27. The number of amides is 1. The Balaban J connectivity index is 1.42. The third kappa shape index (κ3) is 3.53. The highest BCUT2D eigenvalue weighted by Crippen LogP contribution is 2.30. The topological polar surface area (TPSA) is 79.7 Å². The molecule has 0 spiro atoms. The van der Waals surface area contributed by atoms with Crippen molar-refractivity contribution in [2.45, 2.75) is 38.6 Å². The van der Waals surface area contributed by atoms with Gasteiger partial charge in [0.25, 0.3) is 11.5 Å². The van der Waals surface area contributed by atoms with Gasteiger partial charge in [-0.2, -0.15) is 0 Å². The molecule has 1 amide bonds. The van der Waals surface area contributed by atoms with Crippen molar-refractivity contribution in [2.24, 2.45) is 0 Å². The van der Waals surface area contributed by atoms with Crippen LogP contribution in [-0.4, -0.2) is 44.9 Å². The van der Waals surface area contributed by atoms with Gasteiger partial charge in [-0.15, -0.1) is 0 Å². The first kappa shape index (κ1) is 21.9. The molecule has 4 aromatic rings. The minimum Gasteiger partial charge on any atom is -0.381 e. The number of imidazole rings is 1. The molecular formula is C26H24F2N4O3. The molecule has 7 nitrogen and oxygen atoms in total. The number of hydrogen-bond acceptors (Lipinski definition) is 4. The Morgan fingerprint density at radius 2 is 1.86 bits per heavy atom. The van der Waals surface area contributed by atoms with Crippen LogP contribution in [-0.2, 0) is 17.7 Å². The number of nitrogens with one attached hydrogen (secondary N) is 1. The third-order valence-corrected chi connectivity index (χ3v) is 7.26. The van der Waals surface area contributed by atoms with Crippen LogP contribution < -0.4 is 5.56 Å². The highest BCUT2D eigenvalue weighted by atomic mass is 19.1. The van der Waals surface area contributed by atoms with Crippen LogP contribution in [0, 0.1) is 18.6 Å². The van der Waals surface area contributed by atoms with E-state index in [-0.39, 0.29) is 42.5 Å². The van der Waals surface area contributed by atoms with Gasteiger partial charge in [0.15, 0.2) is 0 Å². The molecule has 0 saturated carbocycles. The molecule has 2 aliphatic heterocycles. The predicted octanol–water partition coefficient (Wildman–Crippen LogP) is 3.85. The molecule has 35 heavy (non-hydrogen) atoms. The van der Waals surface area contributed by atoms with E-state index in [1.54, 1.807) is 12.3 Å². The van der Waals surface area contributed by atoms with E-state index in [2.05, 4.69) is 9.97 Å². The number of hydrogen-bond donors (Lipinski definition) is 1. The van der Waals surface area contributed by atoms with Gasteiger partial charge in [0.2, 0.25) is 0 Å². The van der Waals surface area contributed by atoms with E-state index in [4.69, 9.17) is 4.74 Å². The quantitative estimate of drug-likeness (QED) is 0.475. The van der Waals surface area contributed by atoms with Gasteiger partial charge in [0.1, 0.15) is 23.0 Å². The second-order valence-electron chi connectivity index (χ2n) is 9.33. The van der Waals surface area contributed by atoms with Gasteiger partial charge in [0.05, 0.1) is 17.2 Å². The number of aromatic amines is 1. The molecule has 0 radical (unpaired) electrons. The van der Waals surface area contributed by atoms with Crippen molar-refractivity contribution in [1.29, 1.82) is 0 Å². The minimum absolute atomic E-state index is 0.000210. The predicted molar refractivity (Wildman–Crippen MR) is 126 cm³/mol. The van der Waals surface area contributed by atoms with Crippen molar-refractivity contribution in [3.63, 3.8) is 0 Å². The van der Waals surface area contributed by atoms with Crippen LogP contribution in [0.4, 0.5) is 8.78 Å². The summed E-state index contributed by atoms with van der Waals surface area (Å²) in [7, 11) is 0. The van der Waals surface area contributed by atoms with Crippen LogP contribution in [0.3, 0.4) is 0 Å². The van der Waals surface area contributed by atoms with Gasteiger partial charge in [-0.3, -0.25) is 14.0 Å². The number of carbonyl (C=O) groups is 1. The summed E-state index contributed by atoms with van der Waals surface area (Å²) in [6.45, 7) is 3.44. The number of nitrogens with zero attached hydrogens (tertiary/aromatic N) is 3. The summed E-state index contributed by atoms with van der Waals surface area (Å²) in [5.41, 5.74) is 3.17. The number of benzene rings is 2. The van der Waals surface area contributed by atoms with E-state index in [1.807, 2.05) is 17.4 Å². The zero-order valence-electron chi connectivity index (χ0n) is 19.2. The van der Waals surface area contributed by atoms with Gasteiger partial charge in [-0.05, 0) is 61.6 Å². The van der Waals surface area contributed by atoms with E-state index >= 15 is 0 Å². The van der Waals surface area contributed by atoms with Gasteiger partial charge in [-0.25, -0.2) is 13.8 Å². The number of carbonyl (C=O) groups excluding carboxylic acids is 1. The number of fused-ring (bicyclic) bond motifs is 4. The summed E-state index contributed by atoms with van der Waals surface area (Å²) >= 11 is 0. The van der Waals surface area contributed by atoms with E-state index in [9.17, 15) is 18.4 Å². The number of rotatable bonds is 2. The summed E-state index contributed by atoms with van der Waals surface area (Å²) in [4.78, 5) is 35.3. The Kier molecular flexibility index (Phi) is 5.17. The Bertz CT molecular complexity index is 1550. The maximum Gasteiger partial charge on any atom is 0.274 e. The number of ether oxygens (including phenoxy) is 1. The Hall–Kier alpha value is -3.59. The Morgan fingerprint density at radius 3 is 2.63 bits per heavy atom. The first-order valence-electron chi connectivity index (χ1n) is 11.8.